The van der Waals surface area contributed by atoms with E-state index in [0.717, 1.165) is 11.5 Å². The Morgan fingerprint density at radius 3 is 2.59 bits per heavy atom. The van der Waals surface area contributed by atoms with E-state index in [1.165, 1.54) is 0 Å². The van der Waals surface area contributed by atoms with Crippen LogP contribution in [0.25, 0.3) is 5.69 Å². The summed E-state index contributed by atoms with van der Waals surface area (Å²) >= 11 is 0. The van der Waals surface area contributed by atoms with Gasteiger partial charge in [0.1, 0.15) is 0 Å². The summed E-state index contributed by atoms with van der Waals surface area (Å²) in [6, 6.07) is 9.74. The highest BCUT2D eigenvalue weighted by Gasteiger charge is 2.15. The van der Waals surface area contributed by atoms with Crippen LogP contribution in [0.1, 0.15) is 19.7 Å². The summed E-state index contributed by atoms with van der Waals surface area (Å²) in [5, 5.41) is 21.2. The number of aliphatic hydroxyl groups excluding tert-OH is 1. The van der Waals surface area contributed by atoms with E-state index in [1.54, 1.807) is 11.6 Å². The van der Waals surface area contributed by atoms with Crippen LogP contribution in [0.2, 0.25) is 0 Å². The van der Waals surface area contributed by atoms with E-state index >= 15 is 0 Å². The highest BCUT2D eigenvalue weighted by Crippen LogP contribution is 2.13. The Balaban J connectivity index is 2.23. The van der Waals surface area contributed by atoms with Gasteiger partial charge in [0.15, 0.2) is 5.82 Å². The zero-order valence-electron chi connectivity index (χ0n) is 9.98. The number of nitrogens with zero attached hydrogens (tertiary/aromatic N) is 4. The summed E-state index contributed by atoms with van der Waals surface area (Å²) in [5.41, 5.74) is 0.935. The van der Waals surface area contributed by atoms with Crippen molar-refractivity contribution in [2.75, 3.05) is 0 Å². The summed E-state index contributed by atoms with van der Waals surface area (Å²) in [7, 11) is 0. The number of hydrogen-bond acceptors (Lipinski definition) is 4. The minimum Gasteiger partial charge on any atom is -0.393 e. The Morgan fingerprint density at radius 2 is 1.94 bits per heavy atom. The molecule has 2 rings (SSSR count). The second kappa shape index (κ2) is 5.05. The molecule has 0 bridgehead atoms. The molecule has 5 heteroatoms. The van der Waals surface area contributed by atoms with Crippen LogP contribution in [0.4, 0.5) is 0 Å². The van der Waals surface area contributed by atoms with Gasteiger partial charge in [0.2, 0.25) is 0 Å². The van der Waals surface area contributed by atoms with Crippen LogP contribution in [0.3, 0.4) is 0 Å². The van der Waals surface area contributed by atoms with Crippen molar-refractivity contribution in [1.29, 1.82) is 0 Å². The van der Waals surface area contributed by atoms with Gasteiger partial charge in [-0.05, 0) is 35.4 Å². The maximum atomic E-state index is 9.50. The SMILES string of the molecule is CC(O)C(C)Cc1nnnn1-c1ccccc1. The molecule has 2 unspecified atom stereocenters. The predicted octanol–water partition coefficient (Wildman–Crippen LogP) is 1.22. The maximum Gasteiger partial charge on any atom is 0.157 e. The first-order valence-electron chi connectivity index (χ1n) is 5.69. The van der Waals surface area contributed by atoms with Crippen molar-refractivity contribution in [3.63, 3.8) is 0 Å². The van der Waals surface area contributed by atoms with Crippen LogP contribution in [-0.2, 0) is 6.42 Å². The molecule has 0 amide bonds. The first-order valence-corrected chi connectivity index (χ1v) is 5.69. The van der Waals surface area contributed by atoms with Gasteiger partial charge in [-0.15, -0.1) is 5.10 Å². The van der Waals surface area contributed by atoms with Crippen LogP contribution in [0.5, 0.6) is 0 Å². The van der Waals surface area contributed by atoms with Gasteiger partial charge < -0.3 is 5.11 Å². The Kier molecular flexibility index (Phi) is 3.49. The molecule has 0 aliphatic rings. The fourth-order valence-electron chi connectivity index (χ4n) is 1.56. The topological polar surface area (TPSA) is 63.8 Å². The molecule has 1 aromatic carbocycles. The summed E-state index contributed by atoms with van der Waals surface area (Å²) in [6.07, 6.45) is 0.287. The molecule has 2 aromatic rings. The van der Waals surface area contributed by atoms with E-state index < -0.39 is 0 Å². The van der Waals surface area contributed by atoms with Gasteiger partial charge >= 0.3 is 0 Å². The third-order valence-corrected chi connectivity index (χ3v) is 2.86. The Labute approximate surface area is 100 Å². The molecule has 5 nitrogen and oxygen atoms in total. The number of rotatable bonds is 4. The Hall–Kier alpha value is -1.75. The molecule has 0 aliphatic carbocycles. The van der Waals surface area contributed by atoms with Crippen molar-refractivity contribution in [2.45, 2.75) is 26.4 Å². The maximum absolute atomic E-state index is 9.50. The van der Waals surface area contributed by atoms with E-state index in [2.05, 4.69) is 15.5 Å². The lowest BCUT2D eigenvalue weighted by Gasteiger charge is -2.13. The first-order chi connectivity index (χ1) is 8.18. The van der Waals surface area contributed by atoms with E-state index in [0.29, 0.717) is 6.42 Å². The molecule has 2 atom stereocenters. The van der Waals surface area contributed by atoms with Crippen molar-refractivity contribution in [2.24, 2.45) is 5.92 Å². The number of benzene rings is 1. The molecule has 0 spiro atoms. The van der Waals surface area contributed by atoms with Crippen molar-refractivity contribution in [3.05, 3.63) is 36.2 Å². The van der Waals surface area contributed by atoms with Gasteiger partial charge in [0.05, 0.1) is 11.8 Å². The first kappa shape index (κ1) is 11.7. The average Bonchev–Trinajstić information content (AvgIpc) is 2.78. The van der Waals surface area contributed by atoms with Crippen LogP contribution in [0.15, 0.2) is 30.3 Å². The summed E-state index contributed by atoms with van der Waals surface area (Å²) in [6.45, 7) is 3.76. The number of tetrazole rings is 1. The normalized spacial score (nSPS) is 14.5. The number of aliphatic hydroxyl groups is 1. The molecule has 0 fully saturated rings. The second-order valence-electron chi connectivity index (χ2n) is 4.26. The lowest BCUT2D eigenvalue weighted by Crippen LogP contribution is -2.18. The highest BCUT2D eigenvalue weighted by molar-refractivity contribution is 5.30. The largest absolute Gasteiger partial charge is 0.393 e. The second-order valence-corrected chi connectivity index (χ2v) is 4.26. The number of para-hydroxylation sites is 1. The van der Waals surface area contributed by atoms with Crippen LogP contribution in [0, 0.1) is 5.92 Å². The molecule has 0 aliphatic heterocycles. The minimum absolute atomic E-state index is 0.128. The van der Waals surface area contributed by atoms with E-state index in [4.69, 9.17) is 0 Å². The van der Waals surface area contributed by atoms with Crippen molar-refractivity contribution in [1.82, 2.24) is 20.2 Å². The van der Waals surface area contributed by atoms with Gasteiger partial charge in [-0.1, -0.05) is 25.1 Å². The third kappa shape index (κ3) is 2.68. The monoisotopic (exact) mass is 232 g/mol. The fourth-order valence-corrected chi connectivity index (χ4v) is 1.56. The van der Waals surface area contributed by atoms with E-state index in [9.17, 15) is 5.11 Å². The molecule has 17 heavy (non-hydrogen) atoms. The Morgan fingerprint density at radius 1 is 1.24 bits per heavy atom. The number of hydrogen-bond donors (Lipinski definition) is 1. The molecule has 1 aromatic heterocycles. The average molecular weight is 232 g/mol. The standard InChI is InChI=1S/C12H16N4O/c1-9(10(2)17)8-12-13-14-15-16(12)11-6-4-3-5-7-11/h3-7,9-10,17H,8H2,1-2H3. The third-order valence-electron chi connectivity index (χ3n) is 2.86. The van der Waals surface area contributed by atoms with E-state index in [1.807, 2.05) is 37.3 Å². The fraction of sp³-hybridized carbons (Fsp3) is 0.417. The quantitative estimate of drug-likeness (QED) is 0.861. The van der Waals surface area contributed by atoms with E-state index in [-0.39, 0.29) is 12.0 Å². The smallest absolute Gasteiger partial charge is 0.157 e. The van der Waals surface area contributed by atoms with Gasteiger partial charge in [0, 0.05) is 6.42 Å². The van der Waals surface area contributed by atoms with Crippen molar-refractivity contribution >= 4 is 0 Å². The zero-order chi connectivity index (χ0) is 12.3. The minimum atomic E-state index is -0.365. The van der Waals surface area contributed by atoms with Gasteiger partial charge in [-0.2, -0.15) is 4.68 Å². The zero-order valence-corrected chi connectivity index (χ0v) is 9.98. The molecule has 1 heterocycles. The molecule has 90 valence electrons. The van der Waals surface area contributed by atoms with Gasteiger partial charge in [-0.25, -0.2) is 0 Å². The predicted molar refractivity (Wildman–Crippen MR) is 63.7 cm³/mol. The van der Waals surface area contributed by atoms with Crippen molar-refractivity contribution in [3.8, 4) is 5.69 Å². The lowest BCUT2D eigenvalue weighted by atomic mass is 10.0. The molecule has 0 saturated carbocycles. The number of aromatic nitrogens is 4. The molecular weight excluding hydrogens is 216 g/mol. The van der Waals surface area contributed by atoms with Crippen LogP contribution in [-0.4, -0.2) is 31.4 Å². The van der Waals surface area contributed by atoms with Crippen LogP contribution < -0.4 is 0 Å². The van der Waals surface area contributed by atoms with Crippen LogP contribution >= 0.6 is 0 Å². The summed E-state index contributed by atoms with van der Waals surface area (Å²) in [4.78, 5) is 0. The van der Waals surface area contributed by atoms with Gasteiger partial charge in [-0.3, -0.25) is 0 Å². The molecule has 1 N–H and O–H groups in total. The molecular formula is C12H16N4O. The van der Waals surface area contributed by atoms with Gasteiger partial charge in [0.25, 0.3) is 0 Å². The molecule has 0 radical (unpaired) electrons. The summed E-state index contributed by atoms with van der Waals surface area (Å²) < 4.78 is 1.71. The lowest BCUT2D eigenvalue weighted by molar-refractivity contribution is 0.133. The Bertz CT molecular complexity index is 466. The highest BCUT2D eigenvalue weighted by atomic mass is 16.3. The van der Waals surface area contributed by atoms with Crippen molar-refractivity contribution < 1.29 is 5.11 Å². The summed E-state index contributed by atoms with van der Waals surface area (Å²) in [5.74, 6) is 0.896. The molecule has 0 saturated heterocycles.